The van der Waals surface area contributed by atoms with E-state index < -0.39 is 11.5 Å². The van der Waals surface area contributed by atoms with Crippen LogP contribution in [0.4, 0.5) is 0 Å². The standard InChI is InChI=1S/C6H14N2O2/c1-2-3-6(8,4-7)5(9)10/h2-4,7-8H2,1H3,(H,9,10)/t6-/m1/s1. The maximum absolute atomic E-state index is 10.4. The number of rotatable bonds is 4. The highest BCUT2D eigenvalue weighted by Crippen LogP contribution is 2.07. The zero-order valence-electron chi connectivity index (χ0n) is 6.13. The molecule has 0 spiro atoms. The third-order valence-corrected chi connectivity index (χ3v) is 1.49. The van der Waals surface area contributed by atoms with Crippen LogP contribution in [-0.4, -0.2) is 23.2 Å². The van der Waals surface area contributed by atoms with Gasteiger partial charge in [-0.25, -0.2) is 0 Å². The van der Waals surface area contributed by atoms with Crippen LogP contribution in [0.2, 0.25) is 0 Å². The van der Waals surface area contributed by atoms with Crippen molar-refractivity contribution >= 4 is 5.97 Å². The molecule has 0 aliphatic carbocycles. The Morgan fingerprint density at radius 2 is 2.20 bits per heavy atom. The lowest BCUT2D eigenvalue weighted by Gasteiger charge is -2.21. The van der Waals surface area contributed by atoms with Crippen molar-refractivity contribution in [3.05, 3.63) is 0 Å². The normalized spacial score (nSPS) is 16.3. The Morgan fingerprint density at radius 1 is 1.70 bits per heavy atom. The molecule has 10 heavy (non-hydrogen) atoms. The zero-order chi connectivity index (χ0) is 8.20. The highest BCUT2D eigenvalue weighted by atomic mass is 16.4. The van der Waals surface area contributed by atoms with Gasteiger partial charge in [-0.3, -0.25) is 4.79 Å². The van der Waals surface area contributed by atoms with E-state index >= 15 is 0 Å². The SMILES string of the molecule is CCC[C@@](N)(CN)C(=O)O. The van der Waals surface area contributed by atoms with Gasteiger partial charge in [0.1, 0.15) is 5.54 Å². The maximum Gasteiger partial charge on any atom is 0.324 e. The predicted molar refractivity (Wildman–Crippen MR) is 38.5 cm³/mol. The van der Waals surface area contributed by atoms with Gasteiger partial charge in [-0.05, 0) is 6.42 Å². The van der Waals surface area contributed by atoms with E-state index in [2.05, 4.69) is 0 Å². The van der Waals surface area contributed by atoms with Gasteiger partial charge in [0.2, 0.25) is 0 Å². The van der Waals surface area contributed by atoms with E-state index in [1.165, 1.54) is 0 Å². The van der Waals surface area contributed by atoms with E-state index in [1.54, 1.807) is 0 Å². The summed E-state index contributed by atoms with van der Waals surface area (Å²) in [6.45, 7) is 1.87. The number of hydrogen-bond acceptors (Lipinski definition) is 3. The summed E-state index contributed by atoms with van der Waals surface area (Å²) in [6, 6.07) is 0. The van der Waals surface area contributed by atoms with Crippen molar-refractivity contribution in [1.82, 2.24) is 0 Å². The average molecular weight is 146 g/mol. The largest absolute Gasteiger partial charge is 0.480 e. The molecular formula is C6H14N2O2. The number of aliphatic carboxylic acids is 1. The second-order valence-electron chi connectivity index (χ2n) is 2.42. The molecule has 60 valence electrons. The molecule has 0 radical (unpaired) electrons. The second kappa shape index (κ2) is 3.53. The van der Waals surface area contributed by atoms with Crippen molar-refractivity contribution < 1.29 is 9.90 Å². The minimum atomic E-state index is -1.21. The molecular weight excluding hydrogens is 132 g/mol. The van der Waals surface area contributed by atoms with Gasteiger partial charge in [0.05, 0.1) is 0 Å². The molecule has 0 saturated carbocycles. The fourth-order valence-electron chi connectivity index (χ4n) is 0.742. The van der Waals surface area contributed by atoms with Crippen LogP contribution in [0.25, 0.3) is 0 Å². The molecule has 0 rings (SSSR count). The average Bonchev–Trinajstić information content (AvgIpc) is 1.88. The third-order valence-electron chi connectivity index (χ3n) is 1.49. The first-order chi connectivity index (χ1) is 4.56. The number of carboxylic acids is 1. The molecule has 0 aliphatic rings. The molecule has 0 aliphatic heterocycles. The van der Waals surface area contributed by atoms with E-state index in [1.807, 2.05) is 6.92 Å². The Hall–Kier alpha value is -0.610. The Kier molecular flexibility index (Phi) is 3.32. The minimum absolute atomic E-state index is 0.00380. The molecule has 4 nitrogen and oxygen atoms in total. The summed E-state index contributed by atoms with van der Waals surface area (Å²) in [5.74, 6) is -1.02. The van der Waals surface area contributed by atoms with Crippen LogP contribution in [0.1, 0.15) is 19.8 Å². The number of hydrogen-bond donors (Lipinski definition) is 3. The lowest BCUT2D eigenvalue weighted by molar-refractivity contribution is -0.143. The Morgan fingerprint density at radius 3 is 2.30 bits per heavy atom. The molecule has 0 aromatic heterocycles. The first-order valence-electron chi connectivity index (χ1n) is 3.29. The number of carbonyl (C=O) groups is 1. The van der Waals surface area contributed by atoms with Crippen LogP contribution in [0, 0.1) is 0 Å². The van der Waals surface area contributed by atoms with Gasteiger partial charge in [-0.15, -0.1) is 0 Å². The molecule has 0 saturated heterocycles. The van der Waals surface area contributed by atoms with Crippen molar-refractivity contribution in [2.45, 2.75) is 25.3 Å². The van der Waals surface area contributed by atoms with Crippen molar-refractivity contribution in [2.24, 2.45) is 11.5 Å². The summed E-state index contributed by atoms with van der Waals surface area (Å²) < 4.78 is 0. The van der Waals surface area contributed by atoms with E-state index in [4.69, 9.17) is 16.6 Å². The summed E-state index contributed by atoms with van der Waals surface area (Å²) >= 11 is 0. The molecule has 0 amide bonds. The Balaban J connectivity index is 4.08. The fourth-order valence-corrected chi connectivity index (χ4v) is 0.742. The fraction of sp³-hybridized carbons (Fsp3) is 0.833. The van der Waals surface area contributed by atoms with Gasteiger partial charge < -0.3 is 16.6 Å². The smallest absolute Gasteiger partial charge is 0.324 e. The molecule has 0 fully saturated rings. The van der Waals surface area contributed by atoms with Crippen LogP contribution in [0.5, 0.6) is 0 Å². The monoisotopic (exact) mass is 146 g/mol. The molecule has 0 bridgehead atoms. The van der Waals surface area contributed by atoms with Gasteiger partial charge in [-0.1, -0.05) is 13.3 Å². The van der Waals surface area contributed by atoms with Crippen LogP contribution in [-0.2, 0) is 4.79 Å². The molecule has 1 atom stereocenters. The highest BCUT2D eigenvalue weighted by Gasteiger charge is 2.30. The highest BCUT2D eigenvalue weighted by molar-refractivity contribution is 5.78. The summed E-state index contributed by atoms with van der Waals surface area (Å²) in [5, 5.41) is 8.56. The summed E-state index contributed by atoms with van der Waals surface area (Å²) in [7, 11) is 0. The van der Waals surface area contributed by atoms with Crippen LogP contribution in [0.15, 0.2) is 0 Å². The van der Waals surface area contributed by atoms with E-state index in [0.717, 1.165) is 6.42 Å². The summed E-state index contributed by atoms with van der Waals surface area (Å²) in [5.41, 5.74) is 9.40. The van der Waals surface area contributed by atoms with E-state index in [9.17, 15) is 4.79 Å². The lowest BCUT2D eigenvalue weighted by Crippen LogP contribution is -2.53. The van der Waals surface area contributed by atoms with Crippen molar-refractivity contribution in [1.29, 1.82) is 0 Å². The first kappa shape index (κ1) is 9.39. The Labute approximate surface area is 60.2 Å². The van der Waals surface area contributed by atoms with E-state index in [0.29, 0.717) is 6.42 Å². The first-order valence-corrected chi connectivity index (χ1v) is 3.29. The molecule has 0 aromatic carbocycles. The van der Waals surface area contributed by atoms with Crippen LogP contribution in [0.3, 0.4) is 0 Å². The van der Waals surface area contributed by atoms with Gasteiger partial charge in [0, 0.05) is 6.54 Å². The van der Waals surface area contributed by atoms with Crippen LogP contribution < -0.4 is 11.5 Å². The molecule has 0 heterocycles. The predicted octanol–water partition coefficient (Wildman–Crippen LogP) is -0.473. The van der Waals surface area contributed by atoms with Gasteiger partial charge in [0.25, 0.3) is 0 Å². The summed E-state index contributed by atoms with van der Waals surface area (Å²) in [6.07, 6.45) is 1.17. The second-order valence-corrected chi connectivity index (χ2v) is 2.42. The molecule has 5 N–H and O–H groups in total. The van der Waals surface area contributed by atoms with Crippen molar-refractivity contribution in [3.8, 4) is 0 Å². The van der Waals surface area contributed by atoms with Gasteiger partial charge >= 0.3 is 5.97 Å². The lowest BCUT2D eigenvalue weighted by atomic mass is 9.96. The number of carboxylic acid groups (broad SMARTS) is 1. The van der Waals surface area contributed by atoms with Crippen LogP contribution >= 0.6 is 0 Å². The van der Waals surface area contributed by atoms with Crippen molar-refractivity contribution in [2.75, 3.05) is 6.54 Å². The van der Waals surface area contributed by atoms with E-state index in [-0.39, 0.29) is 6.54 Å². The molecule has 0 unspecified atom stereocenters. The zero-order valence-corrected chi connectivity index (χ0v) is 6.13. The molecule has 4 heteroatoms. The topological polar surface area (TPSA) is 89.3 Å². The van der Waals surface area contributed by atoms with Gasteiger partial charge in [-0.2, -0.15) is 0 Å². The summed E-state index contributed by atoms with van der Waals surface area (Å²) in [4.78, 5) is 10.4. The quantitative estimate of drug-likeness (QED) is 0.500. The van der Waals surface area contributed by atoms with Crippen molar-refractivity contribution in [3.63, 3.8) is 0 Å². The molecule has 0 aromatic rings. The third kappa shape index (κ3) is 1.97. The maximum atomic E-state index is 10.4. The Bertz CT molecular complexity index is 127. The number of nitrogens with two attached hydrogens (primary N) is 2. The van der Waals surface area contributed by atoms with Gasteiger partial charge in [0.15, 0.2) is 0 Å². The minimum Gasteiger partial charge on any atom is -0.480 e.